The highest BCUT2D eigenvalue weighted by Gasteiger charge is 2.10. The molecule has 1 heterocycles. The van der Waals surface area contributed by atoms with Gasteiger partial charge in [-0.1, -0.05) is 113 Å². The molecule has 0 radical (unpaired) electrons. The van der Waals surface area contributed by atoms with E-state index in [-0.39, 0.29) is 5.91 Å². The van der Waals surface area contributed by atoms with Crippen molar-refractivity contribution in [1.29, 1.82) is 0 Å². The van der Waals surface area contributed by atoms with E-state index in [2.05, 4.69) is 29.4 Å². The van der Waals surface area contributed by atoms with E-state index >= 15 is 0 Å². The highest BCUT2D eigenvalue weighted by molar-refractivity contribution is 5.88. The van der Waals surface area contributed by atoms with Crippen LogP contribution in [-0.2, 0) is 0 Å². The molecule has 2 aromatic rings. The molecule has 178 valence electrons. The van der Waals surface area contributed by atoms with Crippen molar-refractivity contribution in [2.45, 2.75) is 122 Å². The van der Waals surface area contributed by atoms with Crippen LogP contribution in [0.5, 0.6) is 0 Å². The second-order valence-corrected chi connectivity index (χ2v) is 9.13. The summed E-state index contributed by atoms with van der Waals surface area (Å²) in [4.78, 5) is 12.4. The number of allylic oxidation sites excluding steroid dienone is 2. The quantitative estimate of drug-likeness (QED) is 0.162. The molecule has 1 aromatic carbocycles. The first kappa shape index (κ1) is 26.3. The normalized spacial score (nSPS) is 11.7. The molecule has 0 fully saturated rings. The number of hydrogen-bond donors (Lipinski definition) is 0. The number of fused-ring (bicyclic) bond motifs is 1. The minimum atomic E-state index is 0.0544. The molecule has 0 aliphatic rings. The fourth-order valence-electron chi connectivity index (χ4n) is 4.21. The van der Waals surface area contributed by atoms with Gasteiger partial charge < -0.3 is 0 Å². The van der Waals surface area contributed by atoms with Crippen LogP contribution in [0, 0.1) is 0 Å². The molecular formula is C28H45N3O. The maximum absolute atomic E-state index is 12.4. The van der Waals surface area contributed by atoms with Crippen molar-refractivity contribution in [1.82, 2.24) is 15.0 Å². The first-order chi connectivity index (χ1) is 15.8. The maximum atomic E-state index is 12.4. The third-order valence-corrected chi connectivity index (χ3v) is 6.24. The number of unbranched alkanes of at least 4 members (excludes halogenated alkanes) is 15. The van der Waals surface area contributed by atoms with E-state index in [0.717, 1.165) is 23.9 Å². The predicted molar refractivity (Wildman–Crippen MR) is 136 cm³/mol. The lowest BCUT2D eigenvalue weighted by molar-refractivity contribution is 0.0886. The Balaban J connectivity index is 1.34. The predicted octanol–water partition coefficient (Wildman–Crippen LogP) is 8.67. The average Bonchev–Trinajstić information content (AvgIpc) is 3.25. The van der Waals surface area contributed by atoms with Gasteiger partial charge >= 0.3 is 0 Å². The van der Waals surface area contributed by atoms with Gasteiger partial charge in [-0.3, -0.25) is 4.79 Å². The van der Waals surface area contributed by atoms with Crippen LogP contribution < -0.4 is 0 Å². The number of nitrogens with zero attached hydrogens (tertiary/aromatic N) is 3. The topological polar surface area (TPSA) is 47.8 Å². The summed E-state index contributed by atoms with van der Waals surface area (Å²) in [6, 6.07) is 7.63. The van der Waals surface area contributed by atoms with Crippen LogP contribution in [-0.4, -0.2) is 20.9 Å². The molecule has 0 unspecified atom stereocenters. The molecule has 0 aliphatic carbocycles. The Hall–Kier alpha value is -1.97. The Labute approximate surface area is 195 Å². The summed E-state index contributed by atoms with van der Waals surface area (Å²) in [5.41, 5.74) is 1.59. The van der Waals surface area contributed by atoms with Crippen molar-refractivity contribution in [3.8, 4) is 0 Å². The van der Waals surface area contributed by atoms with Gasteiger partial charge in [0, 0.05) is 6.42 Å². The monoisotopic (exact) mass is 439 g/mol. The van der Waals surface area contributed by atoms with Crippen molar-refractivity contribution >= 4 is 16.9 Å². The Bertz CT molecular complexity index is 765. The van der Waals surface area contributed by atoms with Gasteiger partial charge in [-0.25, -0.2) is 0 Å². The second-order valence-electron chi connectivity index (χ2n) is 9.13. The molecular weight excluding hydrogens is 394 g/mol. The lowest BCUT2D eigenvalue weighted by atomic mass is 10.1. The molecule has 0 spiro atoms. The van der Waals surface area contributed by atoms with Crippen LogP contribution in [0.3, 0.4) is 0 Å². The number of aromatic nitrogens is 3. The molecule has 0 saturated carbocycles. The Morgan fingerprint density at radius 3 is 1.91 bits per heavy atom. The molecule has 1 aromatic heterocycles. The first-order valence-corrected chi connectivity index (χ1v) is 13.3. The first-order valence-electron chi connectivity index (χ1n) is 13.3. The zero-order chi connectivity index (χ0) is 22.7. The molecule has 0 N–H and O–H groups in total. The molecule has 0 bridgehead atoms. The van der Waals surface area contributed by atoms with Gasteiger partial charge in [-0.15, -0.1) is 5.10 Å². The van der Waals surface area contributed by atoms with Crippen LogP contribution in [0.1, 0.15) is 127 Å². The minimum absolute atomic E-state index is 0.0544. The summed E-state index contributed by atoms with van der Waals surface area (Å²) in [7, 11) is 0. The molecule has 4 heteroatoms. The molecule has 2 rings (SSSR count). The number of carbonyl (C=O) groups is 1. The molecule has 32 heavy (non-hydrogen) atoms. The molecule has 4 nitrogen and oxygen atoms in total. The fourth-order valence-corrected chi connectivity index (χ4v) is 4.21. The Morgan fingerprint density at radius 1 is 0.750 bits per heavy atom. The number of benzene rings is 1. The van der Waals surface area contributed by atoms with Gasteiger partial charge in [0.15, 0.2) is 0 Å². The summed E-state index contributed by atoms with van der Waals surface area (Å²) < 4.78 is 1.46. The number of para-hydroxylation sites is 1. The van der Waals surface area contributed by atoms with Crippen molar-refractivity contribution in [3.05, 3.63) is 36.4 Å². The van der Waals surface area contributed by atoms with Gasteiger partial charge in [-0.05, 0) is 44.2 Å². The van der Waals surface area contributed by atoms with E-state index in [9.17, 15) is 4.79 Å². The van der Waals surface area contributed by atoms with E-state index in [1.807, 2.05) is 24.3 Å². The highest BCUT2D eigenvalue weighted by Crippen LogP contribution is 2.14. The van der Waals surface area contributed by atoms with Crippen molar-refractivity contribution in [2.24, 2.45) is 0 Å². The SMILES string of the molecule is CCCCCCCCC/C=C/CCCCCCCCCCC(=O)n1nnc2ccccc21. The summed E-state index contributed by atoms with van der Waals surface area (Å²) in [5.74, 6) is 0.0544. The molecule has 0 saturated heterocycles. The van der Waals surface area contributed by atoms with Gasteiger partial charge in [-0.2, -0.15) is 4.68 Å². The maximum Gasteiger partial charge on any atom is 0.248 e. The highest BCUT2D eigenvalue weighted by atomic mass is 16.2. The minimum Gasteiger partial charge on any atom is -0.273 e. The summed E-state index contributed by atoms with van der Waals surface area (Å²) >= 11 is 0. The summed E-state index contributed by atoms with van der Waals surface area (Å²) in [6.45, 7) is 2.28. The van der Waals surface area contributed by atoms with Crippen LogP contribution in [0.25, 0.3) is 11.0 Å². The van der Waals surface area contributed by atoms with Crippen LogP contribution in [0.4, 0.5) is 0 Å². The Morgan fingerprint density at radius 2 is 1.28 bits per heavy atom. The molecule has 0 aliphatic heterocycles. The van der Waals surface area contributed by atoms with Crippen LogP contribution >= 0.6 is 0 Å². The van der Waals surface area contributed by atoms with Crippen molar-refractivity contribution < 1.29 is 4.79 Å². The van der Waals surface area contributed by atoms with Gasteiger partial charge in [0.2, 0.25) is 5.91 Å². The van der Waals surface area contributed by atoms with Gasteiger partial charge in [0.05, 0.1) is 5.52 Å². The average molecular weight is 440 g/mol. The fraction of sp³-hybridized carbons (Fsp3) is 0.679. The smallest absolute Gasteiger partial charge is 0.248 e. The van der Waals surface area contributed by atoms with E-state index in [0.29, 0.717) is 6.42 Å². The number of hydrogen-bond acceptors (Lipinski definition) is 3. The molecule has 0 atom stereocenters. The summed E-state index contributed by atoms with van der Waals surface area (Å²) in [6.07, 6.45) is 27.6. The largest absolute Gasteiger partial charge is 0.273 e. The number of carbonyl (C=O) groups excluding carboxylic acids is 1. The third kappa shape index (κ3) is 11.1. The van der Waals surface area contributed by atoms with E-state index in [4.69, 9.17) is 0 Å². The van der Waals surface area contributed by atoms with Gasteiger partial charge in [0.25, 0.3) is 0 Å². The lowest BCUT2D eigenvalue weighted by Crippen LogP contribution is -2.12. The zero-order valence-electron chi connectivity index (χ0n) is 20.4. The lowest BCUT2D eigenvalue weighted by Gasteiger charge is -2.03. The Kier molecular flexibility index (Phi) is 14.4. The second kappa shape index (κ2) is 17.6. The summed E-state index contributed by atoms with van der Waals surface area (Å²) in [5, 5.41) is 8.07. The standard InChI is InChI=1S/C28H45N3O/c1-2-3-4-5-6-7-8-9-10-11-12-13-14-15-16-17-18-19-20-25-28(32)31-27-24-22-21-23-26(27)29-30-31/h10-11,21-24H,2-9,12-20,25H2,1H3/b11-10+. The van der Waals surface area contributed by atoms with Crippen molar-refractivity contribution in [2.75, 3.05) is 0 Å². The van der Waals surface area contributed by atoms with E-state index < -0.39 is 0 Å². The van der Waals surface area contributed by atoms with Gasteiger partial charge in [0.1, 0.15) is 5.52 Å². The van der Waals surface area contributed by atoms with Crippen molar-refractivity contribution in [3.63, 3.8) is 0 Å². The zero-order valence-corrected chi connectivity index (χ0v) is 20.4. The van der Waals surface area contributed by atoms with Crippen LogP contribution in [0.15, 0.2) is 36.4 Å². The third-order valence-electron chi connectivity index (χ3n) is 6.24. The molecule has 0 amide bonds. The van der Waals surface area contributed by atoms with Crippen LogP contribution in [0.2, 0.25) is 0 Å². The number of rotatable bonds is 19. The van der Waals surface area contributed by atoms with E-state index in [1.54, 1.807) is 0 Å². The van der Waals surface area contributed by atoms with E-state index in [1.165, 1.54) is 101 Å².